The quantitative estimate of drug-likeness (QED) is 0.253. The minimum atomic E-state index is -0.916. The van der Waals surface area contributed by atoms with Crippen molar-refractivity contribution in [3.8, 4) is 22.8 Å². The fourth-order valence-electron chi connectivity index (χ4n) is 4.51. The first-order chi connectivity index (χ1) is 18.8. The molecule has 4 aromatic rings. The number of furan rings is 1. The molecule has 2 N–H and O–H groups in total. The van der Waals surface area contributed by atoms with Crippen LogP contribution in [0.25, 0.3) is 22.8 Å². The number of nitrogens with two attached hydrogens (primary N) is 1. The topological polar surface area (TPSA) is 125 Å². The van der Waals surface area contributed by atoms with Crippen LogP contribution >= 0.6 is 0 Å². The van der Waals surface area contributed by atoms with Gasteiger partial charge in [-0.1, -0.05) is 44.2 Å². The minimum absolute atomic E-state index is 0.138. The number of benzene rings is 2. The molecule has 1 atom stereocenters. The second-order valence-corrected chi connectivity index (χ2v) is 9.74. The number of carbonyl (C=O) groups is 2. The lowest BCUT2D eigenvalue weighted by atomic mass is 9.94. The number of methoxy groups -OCH3 is 1. The summed E-state index contributed by atoms with van der Waals surface area (Å²) in [5.74, 6) is 0.0690. The van der Waals surface area contributed by atoms with Crippen LogP contribution in [0.5, 0.6) is 0 Å². The maximum Gasteiger partial charge on any atom is 0.341 e. The van der Waals surface area contributed by atoms with Crippen LogP contribution in [-0.2, 0) is 16.7 Å². The van der Waals surface area contributed by atoms with Crippen molar-refractivity contribution in [3.05, 3.63) is 83.4 Å². The van der Waals surface area contributed by atoms with E-state index in [1.165, 1.54) is 19.4 Å². The molecule has 0 aliphatic rings. The van der Waals surface area contributed by atoms with Gasteiger partial charge < -0.3 is 24.2 Å². The number of rotatable bonds is 11. The summed E-state index contributed by atoms with van der Waals surface area (Å²) in [5, 5.41) is 8.51. The summed E-state index contributed by atoms with van der Waals surface area (Å²) in [4.78, 5) is 27.8. The van der Waals surface area contributed by atoms with Crippen molar-refractivity contribution in [1.82, 2.24) is 15.1 Å². The van der Waals surface area contributed by atoms with Crippen LogP contribution in [0.2, 0.25) is 0 Å². The predicted octanol–water partition coefficient (Wildman–Crippen LogP) is 5.46. The molecule has 9 heteroatoms. The molecular weight excluding hydrogens is 496 g/mol. The molecule has 0 saturated heterocycles. The summed E-state index contributed by atoms with van der Waals surface area (Å²) in [6.07, 6.45) is 3.56. The fraction of sp³-hybridized carbons (Fsp3) is 0.333. The predicted molar refractivity (Wildman–Crippen MR) is 147 cm³/mol. The average molecular weight is 531 g/mol. The van der Waals surface area contributed by atoms with E-state index < -0.39 is 11.5 Å². The van der Waals surface area contributed by atoms with E-state index in [2.05, 4.69) is 10.2 Å². The summed E-state index contributed by atoms with van der Waals surface area (Å²) in [7, 11) is 1.30. The Kier molecular flexibility index (Phi) is 8.61. The normalized spacial score (nSPS) is 12.6. The van der Waals surface area contributed by atoms with Gasteiger partial charge in [-0.3, -0.25) is 4.79 Å². The molecule has 0 saturated carbocycles. The number of hydrogen-bond acceptors (Lipinski definition) is 8. The Morgan fingerprint density at radius 2 is 1.69 bits per heavy atom. The van der Waals surface area contributed by atoms with Crippen LogP contribution < -0.4 is 5.73 Å². The molecule has 0 radical (unpaired) electrons. The van der Waals surface area contributed by atoms with Gasteiger partial charge in [0.05, 0.1) is 18.9 Å². The molecular formula is C30H34N4O5. The Morgan fingerprint density at radius 3 is 2.36 bits per heavy atom. The molecule has 2 heterocycles. The molecule has 2 aromatic heterocycles. The SMILES string of the molecule is CCCN(CCC)C(=O)c1cc(-c2nnc([C@](C)(N)Cc3ccccc3)o2)cc(-c2occc2C(=O)OC)c1. The lowest BCUT2D eigenvalue weighted by molar-refractivity contribution is 0.0600. The molecule has 39 heavy (non-hydrogen) atoms. The van der Waals surface area contributed by atoms with Gasteiger partial charge in [0.25, 0.3) is 5.91 Å². The Bertz CT molecular complexity index is 1420. The maximum absolute atomic E-state index is 13.6. The molecule has 2 aromatic carbocycles. The van der Waals surface area contributed by atoms with E-state index in [-0.39, 0.29) is 29.0 Å². The van der Waals surface area contributed by atoms with Crippen LogP contribution in [0.4, 0.5) is 0 Å². The number of esters is 1. The van der Waals surface area contributed by atoms with Crippen LogP contribution in [0.15, 0.2) is 69.7 Å². The van der Waals surface area contributed by atoms with Crippen LogP contribution in [0.3, 0.4) is 0 Å². The van der Waals surface area contributed by atoms with Gasteiger partial charge in [0.2, 0.25) is 11.8 Å². The molecule has 1 amide bonds. The molecule has 0 bridgehead atoms. The van der Waals surface area contributed by atoms with Gasteiger partial charge in [-0.2, -0.15) is 0 Å². The molecule has 204 valence electrons. The number of aromatic nitrogens is 2. The number of ether oxygens (including phenoxy) is 1. The van der Waals surface area contributed by atoms with Gasteiger partial charge >= 0.3 is 5.97 Å². The monoisotopic (exact) mass is 530 g/mol. The van der Waals surface area contributed by atoms with E-state index in [0.29, 0.717) is 36.2 Å². The summed E-state index contributed by atoms with van der Waals surface area (Å²) in [6, 6.07) is 16.5. The van der Waals surface area contributed by atoms with E-state index in [9.17, 15) is 9.59 Å². The average Bonchev–Trinajstić information content (AvgIpc) is 3.63. The first-order valence-electron chi connectivity index (χ1n) is 13.0. The minimum Gasteiger partial charge on any atom is -0.465 e. The lowest BCUT2D eigenvalue weighted by Crippen LogP contribution is -2.35. The summed E-state index contributed by atoms with van der Waals surface area (Å²) in [6.45, 7) is 7.14. The highest BCUT2D eigenvalue weighted by molar-refractivity contribution is 5.99. The van der Waals surface area contributed by atoms with Gasteiger partial charge in [-0.15, -0.1) is 10.2 Å². The third-order valence-corrected chi connectivity index (χ3v) is 6.36. The Labute approximate surface area is 228 Å². The van der Waals surface area contributed by atoms with E-state index in [0.717, 1.165) is 18.4 Å². The fourth-order valence-corrected chi connectivity index (χ4v) is 4.51. The van der Waals surface area contributed by atoms with E-state index in [1.54, 1.807) is 18.2 Å². The van der Waals surface area contributed by atoms with E-state index in [4.69, 9.17) is 19.3 Å². The van der Waals surface area contributed by atoms with Crippen molar-refractivity contribution in [2.45, 2.75) is 45.6 Å². The highest BCUT2D eigenvalue weighted by Crippen LogP contribution is 2.33. The summed E-state index contributed by atoms with van der Waals surface area (Å²) in [5.41, 5.74) is 8.39. The highest BCUT2D eigenvalue weighted by atomic mass is 16.5. The first kappa shape index (κ1) is 27.8. The van der Waals surface area contributed by atoms with Crippen LogP contribution in [0, 0.1) is 0 Å². The van der Waals surface area contributed by atoms with Crippen molar-refractivity contribution >= 4 is 11.9 Å². The van der Waals surface area contributed by atoms with E-state index in [1.807, 2.05) is 56.0 Å². The van der Waals surface area contributed by atoms with Crippen molar-refractivity contribution in [3.63, 3.8) is 0 Å². The zero-order valence-corrected chi connectivity index (χ0v) is 22.8. The highest BCUT2D eigenvalue weighted by Gasteiger charge is 2.29. The van der Waals surface area contributed by atoms with Crippen molar-refractivity contribution in [2.75, 3.05) is 20.2 Å². The van der Waals surface area contributed by atoms with Crippen molar-refractivity contribution in [2.24, 2.45) is 5.73 Å². The summed E-state index contributed by atoms with van der Waals surface area (Å²) >= 11 is 0. The molecule has 0 spiro atoms. The van der Waals surface area contributed by atoms with Gasteiger partial charge in [-0.05, 0) is 56.0 Å². The lowest BCUT2D eigenvalue weighted by Gasteiger charge is -2.22. The number of nitrogens with zero attached hydrogens (tertiary/aromatic N) is 3. The molecule has 0 unspecified atom stereocenters. The van der Waals surface area contributed by atoms with Crippen LogP contribution in [0.1, 0.15) is 65.8 Å². The summed E-state index contributed by atoms with van der Waals surface area (Å²) < 4.78 is 16.7. The maximum atomic E-state index is 13.6. The van der Waals surface area contributed by atoms with Gasteiger partial charge in [0, 0.05) is 29.8 Å². The molecule has 0 fully saturated rings. The Hall–Kier alpha value is -4.24. The number of carbonyl (C=O) groups excluding carboxylic acids is 2. The number of hydrogen-bond donors (Lipinski definition) is 1. The van der Waals surface area contributed by atoms with Crippen LogP contribution in [-0.4, -0.2) is 47.2 Å². The molecule has 0 aliphatic heterocycles. The largest absolute Gasteiger partial charge is 0.465 e. The third kappa shape index (κ3) is 6.26. The molecule has 9 nitrogen and oxygen atoms in total. The van der Waals surface area contributed by atoms with Gasteiger partial charge in [0.1, 0.15) is 11.3 Å². The first-order valence-corrected chi connectivity index (χ1v) is 13.0. The zero-order valence-electron chi connectivity index (χ0n) is 22.8. The number of amides is 1. The Balaban J connectivity index is 1.78. The van der Waals surface area contributed by atoms with Gasteiger partial charge in [0.15, 0.2) is 0 Å². The van der Waals surface area contributed by atoms with Crippen molar-refractivity contribution < 1.29 is 23.2 Å². The second-order valence-electron chi connectivity index (χ2n) is 9.74. The zero-order chi connectivity index (χ0) is 28.0. The van der Waals surface area contributed by atoms with E-state index >= 15 is 0 Å². The van der Waals surface area contributed by atoms with Crippen molar-refractivity contribution in [1.29, 1.82) is 0 Å². The third-order valence-electron chi connectivity index (χ3n) is 6.36. The standard InChI is InChI=1S/C30H34N4O5/c1-5-13-34(14-6-2)27(35)23-17-21(25-24(12-15-38-25)28(36)37-4)16-22(18-23)26-32-33-29(39-26)30(3,31)19-20-10-8-7-9-11-20/h7-12,15-18H,5-6,13-14,19,31H2,1-4H3/t30-/m1/s1. The Morgan fingerprint density at radius 1 is 1.00 bits per heavy atom. The smallest absolute Gasteiger partial charge is 0.341 e. The molecule has 0 aliphatic carbocycles. The second kappa shape index (κ2) is 12.1. The van der Waals surface area contributed by atoms with Gasteiger partial charge in [-0.25, -0.2) is 4.79 Å². The molecule has 4 rings (SSSR count).